The zero-order valence-electron chi connectivity index (χ0n) is 10.3. The van der Waals surface area contributed by atoms with Gasteiger partial charge in [0.05, 0.1) is 16.9 Å². The number of aryl methyl sites for hydroxylation is 1. The van der Waals surface area contributed by atoms with Crippen molar-refractivity contribution in [3.63, 3.8) is 0 Å². The molecule has 98 valence electrons. The number of halogens is 1. The largest absolute Gasteiger partial charge is 0.480 e. The lowest BCUT2D eigenvalue weighted by molar-refractivity contribution is -0.136. The predicted molar refractivity (Wildman–Crippen MR) is 73.8 cm³/mol. The van der Waals surface area contributed by atoms with Crippen LogP contribution in [0.25, 0.3) is 5.57 Å². The molecule has 2 heterocycles. The summed E-state index contributed by atoms with van der Waals surface area (Å²) in [6, 6.07) is 0. The van der Waals surface area contributed by atoms with Crippen LogP contribution in [0.1, 0.15) is 32.4 Å². The molecule has 1 N–H and O–H groups in total. The molecule has 1 aliphatic heterocycles. The van der Waals surface area contributed by atoms with Crippen LogP contribution in [0, 0.1) is 0 Å². The van der Waals surface area contributed by atoms with E-state index in [0.29, 0.717) is 5.02 Å². The van der Waals surface area contributed by atoms with E-state index in [9.17, 15) is 4.79 Å². The number of thioether (sulfide) groups is 1. The van der Waals surface area contributed by atoms with Crippen molar-refractivity contribution in [3.05, 3.63) is 21.8 Å². The van der Waals surface area contributed by atoms with Crippen molar-refractivity contribution in [1.29, 1.82) is 0 Å². The predicted octanol–water partition coefficient (Wildman–Crippen LogP) is 3.27. The van der Waals surface area contributed by atoms with E-state index in [1.807, 2.05) is 11.6 Å². The Morgan fingerprint density at radius 1 is 1.67 bits per heavy atom. The maximum Gasteiger partial charge on any atom is 0.316 e. The molecule has 2 rings (SSSR count). The fraction of sp³-hybridized carbons (Fsp3) is 0.500. The van der Waals surface area contributed by atoms with E-state index in [1.165, 1.54) is 11.8 Å². The Hall–Kier alpha value is -0.940. The molecule has 0 saturated carbocycles. The van der Waals surface area contributed by atoms with Crippen LogP contribution in [0.3, 0.4) is 0 Å². The summed E-state index contributed by atoms with van der Waals surface area (Å²) in [5, 5.41) is 13.4. The van der Waals surface area contributed by atoms with Crippen LogP contribution >= 0.6 is 23.4 Å². The van der Waals surface area contributed by atoms with Crippen molar-refractivity contribution in [2.45, 2.75) is 38.5 Å². The van der Waals surface area contributed by atoms with Gasteiger partial charge in [-0.3, -0.25) is 9.48 Å². The summed E-state index contributed by atoms with van der Waals surface area (Å²) < 4.78 is 1.90. The fourth-order valence-electron chi connectivity index (χ4n) is 2.02. The van der Waals surface area contributed by atoms with Crippen molar-refractivity contribution in [3.8, 4) is 0 Å². The SMILES string of the molecule is CC1=C(SC(C)C(=O)O)CCCn2ncc(Cl)c21. The summed E-state index contributed by atoms with van der Waals surface area (Å²) in [5.41, 5.74) is 1.97. The number of rotatable bonds is 3. The van der Waals surface area contributed by atoms with E-state index in [-0.39, 0.29) is 0 Å². The lowest BCUT2D eigenvalue weighted by atomic mass is 10.2. The number of allylic oxidation sites excluding steroid dienone is 2. The van der Waals surface area contributed by atoms with E-state index in [2.05, 4.69) is 5.10 Å². The Morgan fingerprint density at radius 3 is 3.06 bits per heavy atom. The van der Waals surface area contributed by atoms with Gasteiger partial charge in [-0.25, -0.2) is 0 Å². The molecule has 0 aliphatic carbocycles. The molecule has 4 nitrogen and oxygen atoms in total. The van der Waals surface area contributed by atoms with Crippen LogP contribution in [-0.4, -0.2) is 26.1 Å². The van der Waals surface area contributed by atoms with Gasteiger partial charge in [0, 0.05) is 6.54 Å². The summed E-state index contributed by atoms with van der Waals surface area (Å²) in [7, 11) is 0. The van der Waals surface area contributed by atoms with Crippen LogP contribution < -0.4 is 0 Å². The molecule has 6 heteroatoms. The van der Waals surface area contributed by atoms with E-state index < -0.39 is 11.2 Å². The van der Waals surface area contributed by atoms with Gasteiger partial charge in [-0.2, -0.15) is 5.10 Å². The van der Waals surface area contributed by atoms with Gasteiger partial charge < -0.3 is 5.11 Å². The topological polar surface area (TPSA) is 55.1 Å². The average Bonchev–Trinajstić information content (AvgIpc) is 2.60. The molecule has 0 saturated heterocycles. The maximum absolute atomic E-state index is 10.9. The highest BCUT2D eigenvalue weighted by molar-refractivity contribution is 8.04. The minimum absolute atomic E-state index is 0.441. The molecular weight excluding hydrogens is 272 g/mol. The molecule has 1 aromatic rings. The van der Waals surface area contributed by atoms with Crippen LogP contribution in [0.5, 0.6) is 0 Å². The van der Waals surface area contributed by atoms with Gasteiger partial charge in [-0.15, -0.1) is 11.8 Å². The number of fused-ring (bicyclic) bond motifs is 1. The van der Waals surface area contributed by atoms with Gasteiger partial charge in [0.15, 0.2) is 0 Å². The molecule has 0 radical (unpaired) electrons. The second kappa shape index (κ2) is 5.36. The lowest BCUT2D eigenvalue weighted by Crippen LogP contribution is -2.11. The molecule has 0 amide bonds. The third-order valence-corrected chi connectivity index (χ3v) is 4.64. The summed E-state index contributed by atoms with van der Waals surface area (Å²) in [6.45, 7) is 4.52. The molecule has 18 heavy (non-hydrogen) atoms. The smallest absolute Gasteiger partial charge is 0.316 e. The van der Waals surface area contributed by atoms with Crippen molar-refractivity contribution < 1.29 is 9.90 Å². The number of aromatic nitrogens is 2. The van der Waals surface area contributed by atoms with Gasteiger partial charge in [0.2, 0.25) is 0 Å². The molecule has 1 aliphatic rings. The van der Waals surface area contributed by atoms with Crippen LogP contribution in [0.2, 0.25) is 5.02 Å². The summed E-state index contributed by atoms with van der Waals surface area (Å²) in [5.74, 6) is -0.788. The van der Waals surface area contributed by atoms with Gasteiger partial charge in [0.25, 0.3) is 0 Å². The minimum Gasteiger partial charge on any atom is -0.480 e. The minimum atomic E-state index is -0.788. The highest BCUT2D eigenvalue weighted by Crippen LogP contribution is 2.37. The molecule has 0 bridgehead atoms. The molecular formula is C12H15ClN2O2S. The number of nitrogens with zero attached hydrogens (tertiary/aromatic N) is 2. The van der Waals surface area contributed by atoms with Crippen LogP contribution in [0.15, 0.2) is 11.1 Å². The number of hydrogen-bond acceptors (Lipinski definition) is 3. The van der Waals surface area contributed by atoms with Gasteiger partial charge in [-0.1, -0.05) is 11.6 Å². The maximum atomic E-state index is 10.9. The molecule has 0 spiro atoms. The standard InChI is InChI=1S/C12H15ClN2O2S/c1-7-10(18-8(2)12(16)17)4-3-5-15-11(7)9(13)6-14-15/h6,8H,3-5H2,1-2H3,(H,16,17). The Labute approximate surface area is 115 Å². The zero-order chi connectivity index (χ0) is 13.3. The Bertz CT molecular complexity index is 510. The first-order chi connectivity index (χ1) is 8.50. The summed E-state index contributed by atoms with van der Waals surface area (Å²) in [4.78, 5) is 12.0. The molecule has 1 atom stereocenters. The van der Waals surface area contributed by atoms with Gasteiger partial charge in [0.1, 0.15) is 5.25 Å². The monoisotopic (exact) mass is 286 g/mol. The normalized spacial score (nSPS) is 17.3. The summed E-state index contributed by atoms with van der Waals surface area (Å²) >= 11 is 7.55. The van der Waals surface area contributed by atoms with Crippen molar-refractivity contribution in [2.75, 3.05) is 0 Å². The van der Waals surface area contributed by atoms with E-state index in [4.69, 9.17) is 16.7 Å². The van der Waals surface area contributed by atoms with Crippen molar-refractivity contribution in [1.82, 2.24) is 9.78 Å². The lowest BCUT2D eigenvalue weighted by Gasteiger charge is -2.12. The third-order valence-electron chi connectivity index (χ3n) is 3.01. The fourth-order valence-corrected chi connectivity index (χ4v) is 3.37. The quantitative estimate of drug-likeness (QED) is 0.926. The average molecular weight is 287 g/mol. The highest BCUT2D eigenvalue weighted by atomic mass is 35.5. The van der Waals surface area contributed by atoms with E-state index >= 15 is 0 Å². The first-order valence-corrected chi connectivity index (χ1v) is 7.07. The molecule has 0 aromatic carbocycles. The second-order valence-corrected chi connectivity index (χ2v) is 6.16. The van der Waals surface area contributed by atoms with E-state index in [1.54, 1.807) is 13.1 Å². The number of carboxylic acid groups (broad SMARTS) is 1. The van der Waals surface area contributed by atoms with Crippen LogP contribution in [0.4, 0.5) is 0 Å². The third kappa shape index (κ3) is 2.57. The Balaban J connectivity index is 2.35. The van der Waals surface area contributed by atoms with E-state index in [0.717, 1.165) is 35.6 Å². The number of hydrogen-bond donors (Lipinski definition) is 1. The molecule has 0 fully saturated rings. The Morgan fingerprint density at radius 2 is 2.39 bits per heavy atom. The Kier molecular flexibility index (Phi) is 4.02. The molecule has 1 unspecified atom stereocenters. The van der Waals surface area contributed by atoms with Crippen LogP contribution in [-0.2, 0) is 11.3 Å². The number of carbonyl (C=O) groups is 1. The first kappa shape index (κ1) is 13.5. The number of carboxylic acids is 1. The highest BCUT2D eigenvalue weighted by Gasteiger charge is 2.21. The van der Waals surface area contributed by atoms with Gasteiger partial charge >= 0.3 is 5.97 Å². The molecule has 1 aromatic heterocycles. The van der Waals surface area contributed by atoms with Crippen molar-refractivity contribution >= 4 is 34.9 Å². The van der Waals surface area contributed by atoms with Gasteiger partial charge in [-0.05, 0) is 37.2 Å². The van der Waals surface area contributed by atoms with Crippen molar-refractivity contribution in [2.24, 2.45) is 0 Å². The zero-order valence-corrected chi connectivity index (χ0v) is 11.9. The summed E-state index contributed by atoms with van der Waals surface area (Å²) in [6.07, 6.45) is 3.49. The second-order valence-electron chi connectivity index (χ2n) is 4.31. The number of aliphatic carboxylic acids is 1. The first-order valence-electron chi connectivity index (χ1n) is 5.81.